The van der Waals surface area contributed by atoms with E-state index >= 15 is 0 Å². The van der Waals surface area contributed by atoms with E-state index in [1.807, 2.05) is 54.6 Å². The molecular weight excluding hydrogens is 1380 g/mol. The fraction of sp³-hybridized carbons (Fsp3) is 0.0769. The van der Waals surface area contributed by atoms with Crippen LogP contribution in [-0.2, 0) is 0 Å². The molecule has 0 aliphatic heterocycles. The fourth-order valence-electron chi connectivity index (χ4n) is 10.7. The molecule has 418 valence electrons. The second-order valence-corrected chi connectivity index (χ2v) is 53.9. The summed E-state index contributed by atoms with van der Waals surface area (Å²) in [5.41, 5.74) is 23.1. The molecule has 0 aliphatic rings. The molecule has 12 aromatic carbocycles. The summed E-state index contributed by atoms with van der Waals surface area (Å²) in [6.07, 6.45) is 0. The van der Waals surface area contributed by atoms with Gasteiger partial charge in [0.2, 0.25) is 0 Å². The molecule has 0 aliphatic carbocycles. The Morgan fingerprint density at radius 3 is 0.635 bits per heavy atom. The number of hydrogen-bond acceptors (Lipinski definition) is 2. The predicted octanol–water partition coefficient (Wildman–Crippen LogP) is 20.4. The van der Waals surface area contributed by atoms with Gasteiger partial charge < -0.3 is 10.0 Å². The molecule has 0 bridgehead atoms. The van der Waals surface area contributed by atoms with Crippen LogP contribution >= 0.6 is 31.9 Å². The molecule has 0 saturated heterocycles. The van der Waals surface area contributed by atoms with E-state index < -0.39 is 43.9 Å². The molecule has 0 heterocycles. The van der Waals surface area contributed by atoms with Crippen molar-refractivity contribution in [1.29, 1.82) is 0 Å². The quantitative estimate of drug-likeness (QED) is 0.120. The topological polar surface area (TPSA) is 40.5 Å². The third-order valence-corrected chi connectivity index (χ3v) is 28.3. The molecule has 12 aromatic rings. The Labute approximate surface area is 529 Å². The Morgan fingerprint density at radius 2 is 0.424 bits per heavy atom. The molecule has 0 fully saturated rings. The summed E-state index contributed by atoms with van der Waals surface area (Å²) >= 11 is 2.68. The molecule has 7 heteroatoms. The maximum atomic E-state index is 8.94. The van der Waals surface area contributed by atoms with Gasteiger partial charge in [0.1, 0.15) is 0 Å². The van der Waals surface area contributed by atoms with Crippen LogP contribution in [0.25, 0.3) is 100 Å². The third kappa shape index (κ3) is 15.6. The van der Waals surface area contributed by atoms with Gasteiger partial charge in [-0.3, -0.25) is 0 Å². The van der Waals surface area contributed by atoms with Gasteiger partial charge in [0.25, 0.3) is 0 Å². The van der Waals surface area contributed by atoms with Crippen molar-refractivity contribution in [2.45, 2.75) is 29.6 Å². The molecule has 0 aromatic heterocycles. The van der Waals surface area contributed by atoms with Crippen molar-refractivity contribution in [3.05, 3.63) is 306 Å². The molecule has 0 atom stereocenters. The zero-order valence-corrected chi connectivity index (χ0v) is 57.9. The van der Waals surface area contributed by atoms with Gasteiger partial charge in [0.15, 0.2) is 0 Å². The van der Waals surface area contributed by atoms with Crippen LogP contribution in [0.1, 0.15) is 0 Å². The number of rotatable bonds is 12. The normalized spacial score (nSPS) is 11.2. The van der Waals surface area contributed by atoms with Crippen LogP contribution in [0, 0.1) is 0 Å². The first-order valence-electron chi connectivity index (χ1n) is 28.9. The van der Waals surface area contributed by atoms with E-state index in [1.165, 1.54) is 89.0 Å². The monoisotopic (exact) mass is 1450 g/mol. The molecule has 0 saturated carbocycles. The van der Waals surface area contributed by atoms with Gasteiger partial charge in [-0.15, -0.1) is 0 Å². The van der Waals surface area contributed by atoms with Crippen LogP contribution < -0.4 is 12.6 Å². The first-order valence-corrected chi connectivity index (χ1v) is 50.5. The minimum absolute atomic E-state index is 0.509. The Kier molecular flexibility index (Phi) is 20.3. The second-order valence-electron chi connectivity index (χ2n) is 23.4. The van der Waals surface area contributed by atoms with Gasteiger partial charge in [0.05, 0.1) is 0 Å². The summed E-state index contributed by atoms with van der Waals surface area (Å²) in [5, 5.41) is 17.9. The maximum absolute atomic E-state index is 8.94. The summed E-state index contributed by atoms with van der Waals surface area (Å²) < 4.78 is 5.40. The van der Waals surface area contributed by atoms with Crippen LogP contribution in [0.15, 0.2) is 306 Å². The van der Waals surface area contributed by atoms with Crippen molar-refractivity contribution < 1.29 is 10.0 Å². The van der Waals surface area contributed by atoms with Crippen molar-refractivity contribution in [2.24, 2.45) is 0 Å². The first kappa shape index (κ1) is 61.3. The van der Waals surface area contributed by atoms with Gasteiger partial charge in [-0.1, -0.05) is 196 Å². The standard InChI is InChI=1S/C30H20Br2.C30H20.C12H11BO2.6CH3.2Sn/c31-29-20-28(26-17-13-24(14-18-26)22-9-5-2-6-10-22)30(32)19-27(29)25-15-11-23(12-16-25)21-7-3-1-4-8-21;1-3-7-23(8-4-1)25-11-15-27(16-12-25)29-19-21-30(22-20-29)28-17-13-26(14-18-28)24-9-5-2-6-10-24;14-13(15)12-8-6-11(7-9-12)10-4-2-1-3-5-10;;;;;;;;/h1-20H;1-19,22H;1-9,14-15H;6*1H3;;. The molecule has 2 N–H and O–H groups in total. The summed E-state index contributed by atoms with van der Waals surface area (Å²) in [4.78, 5) is 15.3. The molecule has 0 radical (unpaired) electrons. The zero-order valence-electron chi connectivity index (χ0n) is 49.0. The van der Waals surface area contributed by atoms with E-state index in [0.717, 1.165) is 20.1 Å². The Morgan fingerprint density at radius 1 is 0.235 bits per heavy atom. The van der Waals surface area contributed by atoms with E-state index in [1.54, 1.807) is 19.3 Å². The average Bonchev–Trinajstić information content (AvgIpc) is 3.54. The van der Waals surface area contributed by atoms with Gasteiger partial charge in [-0.25, -0.2) is 0 Å². The van der Waals surface area contributed by atoms with Crippen LogP contribution in [0.2, 0.25) is 29.6 Å². The SMILES string of the molecule is Brc1cc(-c2ccc(-c3ccccc3)cc2)c(Br)cc1-c1ccc(-c2ccccc2)cc1.OB(O)c1ccc(-c2ccccc2)cc1.[CH3][Sn]([CH3])([CH3])[c]1cc(-c2ccc(-c3ccccc3)cc2)[c]([Sn]([CH3])([CH3])[CH3])cc1-c1ccc(-c2ccccc2)cc1. The van der Waals surface area contributed by atoms with Crippen molar-refractivity contribution >= 4 is 88.4 Å². The summed E-state index contributed by atoms with van der Waals surface area (Å²) in [5.74, 6) is 0. The van der Waals surface area contributed by atoms with Crippen LogP contribution in [0.5, 0.6) is 0 Å². The molecule has 0 amide bonds. The zero-order chi connectivity index (χ0) is 59.5. The summed E-state index contributed by atoms with van der Waals surface area (Å²) in [7, 11) is -1.39. The number of halogens is 2. The Balaban J connectivity index is 0.000000154. The second kappa shape index (κ2) is 28.1. The van der Waals surface area contributed by atoms with Gasteiger partial charge >= 0.3 is 247 Å². The van der Waals surface area contributed by atoms with Crippen LogP contribution in [-0.4, -0.2) is 53.9 Å². The molecular formula is C78H69BBr2O2Sn2. The van der Waals surface area contributed by atoms with Gasteiger partial charge in [-0.2, -0.15) is 0 Å². The van der Waals surface area contributed by atoms with Crippen LogP contribution in [0.4, 0.5) is 0 Å². The molecule has 0 unspecified atom stereocenters. The molecule has 0 spiro atoms. The first-order chi connectivity index (χ1) is 41.1. The van der Waals surface area contributed by atoms with Crippen LogP contribution in [0.3, 0.4) is 0 Å². The number of benzene rings is 12. The molecule has 85 heavy (non-hydrogen) atoms. The van der Waals surface area contributed by atoms with Gasteiger partial charge in [0, 0.05) is 8.95 Å². The van der Waals surface area contributed by atoms with E-state index in [-0.39, 0.29) is 0 Å². The fourth-order valence-corrected chi connectivity index (χ4v) is 21.0. The minimum atomic E-state index is -2.47. The molecule has 2 nitrogen and oxygen atoms in total. The van der Waals surface area contributed by atoms with Crippen molar-refractivity contribution in [3.63, 3.8) is 0 Å². The molecule has 12 rings (SSSR count). The average molecular weight is 1450 g/mol. The predicted molar refractivity (Wildman–Crippen MR) is 379 cm³/mol. The van der Waals surface area contributed by atoms with E-state index in [0.29, 0.717) is 5.46 Å². The number of hydrogen-bond donors (Lipinski definition) is 2. The Hall–Kier alpha value is -6.82. The third-order valence-electron chi connectivity index (χ3n) is 15.4. The van der Waals surface area contributed by atoms with E-state index in [4.69, 9.17) is 10.0 Å². The van der Waals surface area contributed by atoms with Crippen molar-refractivity contribution in [1.82, 2.24) is 0 Å². The van der Waals surface area contributed by atoms with E-state index in [2.05, 4.69) is 292 Å². The summed E-state index contributed by atoms with van der Waals surface area (Å²) in [6, 6.07) is 105. The van der Waals surface area contributed by atoms with Gasteiger partial charge in [-0.05, 0) is 73.2 Å². The summed E-state index contributed by atoms with van der Waals surface area (Å²) in [6.45, 7) is 0. The van der Waals surface area contributed by atoms with E-state index in [9.17, 15) is 0 Å². The Bertz CT molecular complexity index is 3870. The van der Waals surface area contributed by atoms with Crippen molar-refractivity contribution in [3.8, 4) is 100 Å². The van der Waals surface area contributed by atoms with Crippen molar-refractivity contribution in [2.75, 3.05) is 0 Å².